The third-order valence-electron chi connectivity index (χ3n) is 2.49. The Hall–Kier alpha value is -1.14. The van der Waals surface area contributed by atoms with Crippen LogP contribution in [0.5, 0.6) is 0 Å². The maximum atomic E-state index is 11.9. The van der Waals surface area contributed by atoms with E-state index in [-0.39, 0.29) is 10.7 Å². The number of aromatic nitrogens is 1. The number of rotatable bonds is 2. The molecule has 1 saturated heterocycles. The third kappa shape index (κ3) is 1.95. The fourth-order valence-corrected chi connectivity index (χ4v) is 3.01. The van der Waals surface area contributed by atoms with Gasteiger partial charge in [0.25, 0.3) is 0 Å². The number of ketones is 1. The molecule has 0 unspecified atom stereocenters. The van der Waals surface area contributed by atoms with Crippen LogP contribution in [0.4, 0.5) is 0 Å². The number of piperidine rings is 1. The second kappa shape index (κ2) is 3.79. The number of sulfonamides is 1. The van der Waals surface area contributed by atoms with Crippen molar-refractivity contribution in [1.29, 1.82) is 0 Å². The van der Waals surface area contributed by atoms with Gasteiger partial charge < -0.3 is 4.98 Å². The summed E-state index contributed by atoms with van der Waals surface area (Å²) in [6.07, 6.45) is 3.67. The van der Waals surface area contributed by atoms with Crippen LogP contribution in [-0.4, -0.2) is 36.6 Å². The molecule has 0 radical (unpaired) electrons. The predicted octanol–water partition coefficient (Wildman–Crippen LogP) is 0.368. The minimum atomic E-state index is -3.39. The molecule has 1 aliphatic rings. The van der Waals surface area contributed by atoms with E-state index in [1.165, 1.54) is 16.6 Å². The first kappa shape index (κ1) is 10.4. The zero-order chi connectivity index (χ0) is 10.9. The molecule has 0 bridgehead atoms. The molecule has 0 aliphatic carbocycles. The fourth-order valence-electron chi connectivity index (χ4n) is 1.59. The van der Waals surface area contributed by atoms with Crippen LogP contribution in [-0.2, 0) is 14.8 Å². The van der Waals surface area contributed by atoms with Gasteiger partial charge in [-0.3, -0.25) is 4.79 Å². The second-order valence-electron chi connectivity index (χ2n) is 3.49. The van der Waals surface area contributed by atoms with Crippen LogP contribution in [0, 0.1) is 0 Å². The number of carbonyl (C=O) groups excluding carboxylic acids is 1. The molecule has 0 saturated carbocycles. The average molecular weight is 228 g/mol. The summed E-state index contributed by atoms with van der Waals surface area (Å²) in [5.41, 5.74) is 0. The molecule has 2 rings (SSSR count). The monoisotopic (exact) mass is 228 g/mol. The first-order valence-corrected chi connectivity index (χ1v) is 6.19. The van der Waals surface area contributed by atoms with Gasteiger partial charge in [-0.2, -0.15) is 4.31 Å². The summed E-state index contributed by atoms with van der Waals surface area (Å²) in [6, 6.07) is 1.52. The summed E-state index contributed by atoms with van der Waals surface area (Å²) in [7, 11) is -3.39. The molecule has 0 spiro atoms. The van der Waals surface area contributed by atoms with Crippen LogP contribution >= 0.6 is 0 Å². The number of aromatic amines is 1. The minimum Gasteiger partial charge on any atom is -0.366 e. The van der Waals surface area contributed by atoms with Gasteiger partial charge in [0, 0.05) is 38.3 Å². The molecule has 82 valence electrons. The zero-order valence-corrected chi connectivity index (χ0v) is 8.96. The zero-order valence-electron chi connectivity index (χ0n) is 8.14. The third-order valence-corrected chi connectivity index (χ3v) is 4.38. The Morgan fingerprint density at radius 2 is 1.93 bits per heavy atom. The van der Waals surface area contributed by atoms with Crippen molar-refractivity contribution in [3.63, 3.8) is 0 Å². The van der Waals surface area contributed by atoms with Gasteiger partial charge in [-0.1, -0.05) is 0 Å². The normalized spacial score (nSPS) is 19.3. The molecule has 6 heteroatoms. The summed E-state index contributed by atoms with van der Waals surface area (Å²) in [6.45, 7) is 0.596. The van der Waals surface area contributed by atoms with E-state index in [2.05, 4.69) is 4.98 Å². The lowest BCUT2D eigenvalue weighted by Crippen LogP contribution is -2.38. The highest BCUT2D eigenvalue weighted by Gasteiger charge is 2.28. The Morgan fingerprint density at radius 3 is 2.47 bits per heavy atom. The number of hydrogen-bond acceptors (Lipinski definition) is 3. The first-order valence-electron chi connectivity index (χ1n) is 4.75. The van der Waals surface area contributed by atoms with Gasteiger partial charge >= 0.3 is 0 Å². The Balaban J connectivity index is 2.20. The molecule has 5 nitrogen and oxygen atoms in total. The molecule has 0 atom stereocenters. The Morgan fingerprint density at radius 1 is 1.27 bits per heavy atom. The number of hydrogen-bond donors (Lipinski definition) is 1. The SMILES string of the molecule is O=C1CCN(S(=O)(=O)c2cc[nH]c2)CC1. The average Bonchev–Trinajstić information content (AvgIpc) is 2.71. The maximum Gasteiger partial charge on any atom is 0.244 e. The van der Waals surface area contributed by atoms with Gasteiger partial charge in [0.1, 0.15) is 5.78 Å². The second-order valence-corrected chi connectivity index (χ2v) is 5.43. The van der Waals surface area contributed by atoms with Crippen molar-refractivity contribution in [3.8, 4) is 0 Å². The van der Waals surface area contributed by atoms with Crippen LogP contribution in [0.2, 0.25) is 0 Å². The van der Waals surface area contributed by atoms with Gasteiger partial charge in [0.2, 0.25) is 10.0 Å². The lowest BCUT2D eigenvalue weighted by molar-refractivity contribution is -0.120. The van der Waals surface area contributed by atoms with Crippen molar-refractivity contribution in [2.75, 3.05) is 13.1 Å². The summed E-state index contributed by atoms with van der Waals surface area (Å²) in [5.74, 6) is 0.135. The van der Waals surface area contributed by atoms with E-state index in [0.717, 1.165) is 0 Å². The van der Waals surface area contributed by atoms with Gasteiger partial charge in [0.15, 0.2) is 0 Å². The van der Waals surface area contributed by atoms with Crippen molar-refractivity contribution in [2.24, 2.45) is 0 Å². The van der Waals surface area contributed by atoms with E-state index >= 15 is 0 Å². The number of Topliss-reactive ketones (excluding diaryl/α,β-unsaturated/α-hetero) is 1. The topological polar surface area (TPSA) is 70.2 Å². The molecule has 0 amide bonds. The quantitative estimate of drug-likeness (QED) is 0.795. The summed E-state index contributed by atoms with van der Waals surface area (Å²) in [4.78, 5) is 14.0. The van der Waals surface area contributed by atoms with E-state index in [1.807, 2.05) is 0 Å². The lowest BCUT2D eigenvalue weighted by Gasteiger charge is -2.24. The standard InChI is InChI=1S/C9H12N2O3S/c12-8-2-5-11(6-3-8)15(13,14)9-1-4-10-7-9/h1,4,7,10H,2-3,5-6H2. The van der Waals surface area contributed by atoms with Crippen molar-refractivity contribution < 1.29 is 13.2 Å². The molecular weight excluding hydrogens is 216 g/mol. The molecule has 1 aromatic rings. The Labute approximate surface area is 88.1 Å². The fraction of sp³-hybridized carbons (Fsp3) is 0.444. The van der Waals surface area contributed by atoms with Crippen LogP contribution in [0.15, 0.2) is 23.4 Å². The number of nitrogens with zero attached hydrogens (tertiary/aromatic N) is 1. The molecular formula is C9H12N2O3S. The molecule has 1 N–H and O–H groups in total. The summed E-state index contributed by atoms with van der Waals surface area (Å²) in [5, 5.41) is 0. The summed E-state index contributed by atoms with van der Waals surface area (Å²) < 4.78 is 25.3. The van der Waals surface area contributed by atoms with Gasteiger partial charge in [0.05, 0.1) is 4.90 Å². The summed E-state index contributed by atoms with van der Waals surface area (Å²) >= 11 is 0. The first-order chi connectivity index (χ1) is 7.10. The lowest BCUT2D eigenvalue weighted by atomic mass is 10.1. The largest absolute Gasteiger partial charge is 0.366 e. The van der Waals surface area contributed by atoms with Gasteiger partial charge in [-0.15, -0.1) is 0 Å². The van der Waals surface area contributed by atoms with Crippen molar-refractivity contribution in [1.82, 2.24) is 9.29 Å². The minimum absolute atomic E-state index is 0.135. The van der Waals surface area contributed by atoms with E-state index in [4.69, 9.17) is 0 Å². The number of carbonyl (C=O) groups is 1. The smallest absolute Gasteiger partial charge is 0.244 e. The van der Waals surface area contributed by atoms with Gasteiger partial charge in [-0.25, -0.2) is 8.42 Å². The molecule has 1 aliphatic heterocycles. The Bertz CT molecular complexity index is 440. The molecule has 0 aromatic carbocycles. The van der Waals surface area contributed by atoms with Crippen LogP contribution in [0.25, 0.3) is 0 Å². The maximum absolute atomic E-state index is 11.9. The van der Waals surface area contributed by atoms with Crippen molar-refractivity contribution in [2.45, 2.75) is 17.7 Å². The molecule has 1 fully saturated rings. The van der Waals surface area contributed by atoms with E-state index in [9.17, 15) is 13.2 Å². The van der Waals surface area contributed by atoms with E-state index in [0.29, 0.717) is 25.9 Å². The van der Waals surface area contributed by atoms with E-state index < -0.39 is 10.0 Å². The van der Waals surface area contributed by atoms with Crippen LogP contribution in [0.3, 0.4) is 0 Å². The highest BCUT2D eigenvalue weighted by molar-refractivity contribution is 7.89. The van der Waals surface area contributed by atoms with Gasteiger partial charge in [-0.05, 0) is 6.07 Å². The molecule has 1 aromatic heterocycles. The highest BCUT2D eigenvalue weighted by Crippen LogP contribution is 2.18. The van der Waals surface area contributed by atoms with Crippen LogP contribution in [0.1, 0.15) is 12.8 Å². The molecule has 2 heterocycles. The predicted molar refractivity (Wildman–Crippen MR) is 53.8 cm³/mol. The number of H-pyrrole nitrogens is 1. The number of nitrogens with one attached hydrogen (secondary N) is 1. The van der Waals surface area contributed by atoms with Crippen molar-refractivity contribution in [3.05, 3.63) is 18.5 Å². The Kier molecular flexibility index (Phi) is 2.62. The van der Waals surface area contributed by atoms with E-state index in [1.54, 1.807) is 6.20 Å². The highest BCUT2D eigenvalue weighted by atomic mass is 32.2. The molecule has 15 heavy (non-hydrogen) atoms. The van der Waals surface area contributed by atoms with Crippen LogP contribution < -0.4 is 0 Å². The van der Waals surface area contributed by atoms with Crippen molar-refractivity contribution >= 4 is 15.8 Å².